The lowest BCUT2D eigenvalue weighted by Crippen LogP contribution is -2.21. The monoisotopic (exact) mass is 290 g/mol. The smallest absolute Gasteiger partial charge is 0.243 e. The summed E-state index contributed by atoms with van der Waals surface area (Å²) in [5.41, 5.74) is 2.93. The quantitative estimate of drug-likeness (QED) is 0.756. The first-order chi connectivity index (χ1) is 10.7. The van der Waals surface area contributed by atoms with Gasteiger partial charge in [-0.3, -0.25) is 4.79 Å². The van der Waals surface area contributed by atoms with E-state index in [9.17, 15) is 4.79 Å². The average Bonchev–Trinajstić information content (AvgIpc) is 2.55. The van der Waals surface area contributed by atoms with Gasteiger partial charge in [0.2, 0.25) is 5.91 Å². The van der Waals surface area contributed by atoms with Crippen molar-refractivity contribution >= 4 is 28.1 Å². The molecule has 1 amide bonds. The van der Waals surface area contributed by atoms with E-state index in [1.807, 2.05) is 49.4 Å². The van der Waals surface area contributed by atoms with Crippen LogP contribution in [0.2, 0.25) is 0 Å². The fourth-order valence-electron chi connectivity index (χ4n) is 2.32. The summed E-state index contributed by atoms with van der Waals surface area (Å²) >= 11 is 0. The summed E-state index contributed by atoms with van der Waals surface area (Å²) in [7, 11) is 0. The van der Waals surface area contributed by atoms with Gasteiger partial charge in [-0.15, -0.1) is 0 Å². The zero-order valence-corrected chi connectivity index (χ0v) is 12.5. The largest absolute Gasteiger partial charge is 0.376 e. The topological polar surface area (TPSA) is 41.1 Å². The van der Waals surface area contributed by atoms with Crippen LogP contribution in [0.4, 0.5) is 11.4 Å². The van der Waals surface area contributed by atoms with Gasteiger partial charge in [0, 0.05) is 11.4 Å². The van der Waals surface area contributed by atoms with Crippen LogP contribution in [-0.4, -0.2) is 12.5 Å². The molecule has 2 N–H and O–H groups in total. The Kier molecular flexibility index (Phi) is 4.05. The van der Waals surface area contributed by atoms with Crippen LogP contribution >= 0.6 is 0 Å². The maximum Gasteiger partial charge on any atom is 0.243 e. The molecule has 0 spiro atoms. The summed E-state index contributed by atoms with van der Waals surface area (Å²) in [6.07, 6.45) is 0. The molecule has 0 heterocycles. The molecule has 0 aliphatic rings. The first kappa shape index (κ1) is 14.1. The highest BCUT2D eigenvalue weighted by molar-refractivity contribution is 5.94. The van der Waals surface area contributed by atoms with Gasteiger partial charge in [-0.1, -0.05) is 48.0 Å². The van der Waals surface area contributed by atoms with Crippen molar-refractivity contribution in [2.45, 2.75) is 6.92 Å². The fraction of sp³-hybridized carbons (Fsp3) is 0.105. The molecular weight excluding hydrogens is 272 g/mol. The second-order valence-electron chi connectivity index (χ2n) is 5.33. The molecule has 0 saturated carbocycles. The van der Waals surface area contributed by atoms with E-state index in [1.54, 1.807) is 0 Å². The maximum atomic E-state index is 12.0. The zero-order valence-electron chi connectivity index (χ0n) is 12.5. The lowest BCUT2D eigenvalue weighted by atomic mass is 10.1. The number of nitrogens with one attached hydrogen (secondary N) is 2. The molecule has 0 aromatic heterocycles. The summed E-state index contributed by atoms with van der Waals surface area (Å²) in [4.78, 5) is 12.0. The van der Waals surface area contributed by atoms with Gasteiger partial charge in [0.15, 0.2) is 0 Å². The SMILES string of the molecule is Cc1ccc(NC(=O)CNc2ccc3ccccc3c2)cc1. The molecule has 0 radical (unpaired) electrons. The molecule has 0 unspecified atom stereocenters. The molecular formula is C19H18N2O. The number of hydrogen-bond acceptors (Lipinski definition) is 2. The van der Waals surface area contributed by atoms with E-state index < -0.39 is 0 Å². The van der Waals surface area contributed by atoms with E-state index in [4.69, 9.17) is 0 Å². The van der Waals surface area contributed by atoms with Crippen LogP contribution in [0.3, 0.4) is 0 Å². The van der Waals surface area contributed by atoms with Gasteiger partial charge in [0.05, 0.1) is 6.54 Å². The van der Waals surface area contributed by atoms with Gasteiger partial charge >= 0.3 is 0 Å². The molecule has 0 bridgehead atoms. The molecule has 3 rings (SSSR count). The molecule has 0 fully saturated rings. The molecule has 3 aromatic rings. The Labute approximate surface area is 130 Å². The van der Waals surface area contributed by atoms with Gasteiger partial charge in [0.1, 0.15) is 0 Å². The summed E-state index contributed by atoms with van der Waals surface area (Å²) in [5, 5.41) is 8.38. The van der Waals surface area contributed by atoms with Crippen LogP contribution in [0.15, 0.2) is 66.7 Å². The second kappa shape index (κ2) is 6.31. The van der Waals surface area contributed by atoms with E-state index >= 15 is 0 Å². The number of carbonyl (C=O) groups excluding carboxylic acids is 1. The third kappa shape index (κ3) is 3.44. The number of anilines is 2. The Hall–Kier alpha value is -2.81. The van der Waals surface area contributed by atoms with Crippen molar-refractivity contribution in [2.24, 2.45) is 0 Å². The second-order valence-corrected chi connectivity index (χ2v) is 5.33. The Bertz CT molecular complexity index is 794. The van der Waals surface area contributed by atoms with Gasteiger partial charge in [-0.25, -0.2) is 0 Å². The molecule has 0 saturated heterocycles. The van der Waals surface area contributed by atoms with Crippen molar-refractivity contribution < 1.29 is 4.79 Å². The summed E-state index contributed by atoms with van der Waals surface area (Å²) in [6, 6.07) is 22.0. The van der Waals surface area contributed by atoms with Gasteiger partial charge in [0.25, 0.3) is 0 Å². The Morgan fingerprint density at radius 1 is 0.864 bits per heavy atom. The highest BCUT2D eigenvalue weighted by Gasteiger charge is 2.02. The average molecular weight is 290 g/mol. The number of amides is 1. The predicted molar refractivity (Wildman–Crippen MR) is 92.2 cm³/mol. The van der Waals surface area contributed by atoms with E-state index in [-0.39, 0.29) is 12.5 Å². The van der Waals surface area contributed by atoms with Gasteiger partial charge in [-0.05, 0) is 42.0 Å². The number of hydrogen-bond donors (Lipinski definition) is 2. The minimum Gasteiger partial charge on any atom is -0.376 e. The van der Waals surface area contributed by atoms with E-state index in [1.165, 1.54) is 10.9 Å². The molecule has 110 valence electrons. The molecule has 22 heavy (non-hydrogen) atoms. The van der Waals surface area contributed by atoms with Crippen molar-refractivity contribution in [3.63, 3.8) is 0 Å². The fourth-order valence-corrected chi connectivity index (χ4v) is 2.32. The van der Waals surface area contributed by atoms with Crippen molar-refractivity contribution in [1.29, 1.82) is 0 Å². The van der Waals surface area contributed by atoms with E-state index in [0.29, 0.717) is 0 Å². The first-order valence-electron chi connectivity index (χ1n) is 7.30. The Morgan fingerprint density at radius 2 is 1.55 bits per heavy atom. The summed E-state index contributed by atoms with van der Waals surface area (Å²) in [6.45, 7) is 2.26. The van der Waals surface area contributed by atoms with Crippen molar-refractivity contribution in [3.05, 3.63) is 72.3 Å². The van der Waals surface area contributed by atoms with E-state index in [0.717, 1.165) is 16.8 Å². The minimum atomic E-state index is -0.0583. The number of carbonyl (C=O) groups is 1. The number of fused-ring (bicyclic) bond motifs is 1. The van der Waals surface area contributed by atoms with Crippen LogP contribution in [0, 0.1) is 6.92 Å². The molecule has 0 aliphatic heterocycles. The molecule has 0 aliphatic carbocycles. The van der Waals surface area contributed by atoms with Crippen LogP contribution in [-0.2, 0) is 4.79 Å². The van der Waals surface area contributed by atoms with Crippen molar-refractivity contribution in [1.82, 2.24) is 0 Å². The predicted octanol–water partition coefficient (Wildman–Crippen LogP) is 4.20. The minimum absolute atomic E-state index is 0.0583. The van der Waals surface area contributed by atoms with Crippen LogP contribution in [0.1, 0.15) is 5.56 Å². The zero-order chi connectivity index (χ0) is 15.4. The molecule has 3 nitrogen and oxygen atoms in total. The highest BCUT2D eigenvalue weighted by atomic mass is 16.1. The molecule has 3 heteroatoms. The highest BCUT2D eigenvalue weighted by Crippen LogP contribution is 2.18. The maximum absolute atomic E-state index is 12.0. The van der Waals surface area contributed by atoms with Crippen molar-refractivity contribution in [3.8, 4) is 0 Å². The third-order valence-corrected chi connectivity index (χ3v) is 3.54. The summed E-state index contributed by atoms with van der Waals surface area (Å²) in [5.74, 6) is -0.0583. The lowest BCUT2D eigenvalue weighted by Gasteiger charge is -2.09. The first-order valence-corrected chi connectivity index (χ1v) is 7.30. The normalized spacial score (nSPS) is 10.4. The van der Waals surface area contributed by atoms with Crippen LogP contribution in [0.25, 0.3) is 10.8 Å². The van der Waals surface area contributed by atoms with Gasteiger partial charge < -0.3 is 10.6 Å². The van der Waals surface area contributed by atoms with Crippen LogP contribution < -0.4 is 10.6 Å². The molecule has 0 atom stereocenters. The number of rotatable bonds is 4. The Morgan fingerprint density at radius 3 is 2.32 bits per heavy atom. The molecule has 3 aromatic carbocycles. The lowest BCUT2D eigenvalue weighted by molar-refractivity contribution is -0.114. The van der Waals surface area contributed by atoms with E-state index in [2.05, 4.69) is 34.9 Å². The van der Waals surface area contributed by atoms with Crippen LogP contribution in [0.5, 0.6) is 0 Å². The third-order valence-electron chi connectivity index (χ3n) is 3.54. The summed E-state index contributed by atoms with van der Waals surface area (Å²) < 4.78 is 0. The van der Waals surface area contributed by atoms with Crippen molar-refractivity contribution in [2.75, 3.05) is 17.2 Å². The number of benzene rings is 3. The van der Waals surface area contributed by atoms with Gasteiger partial charge in [-0.2, -0.15) is 0 Å². The number of aryl methyl sites for hydroxylation is 1. The standard InChI is InChI=1S/C19H18N2O/c1-14-6-9-17(10-7-14)21-19(22)13-20-18-11-8-15-4-2-3-5-16(15)12-18/h2-12,20H,13H2,1H3,(H,21,22). The Balaban J connectivity index is 1.60.